The van der Waals surface area contributed by atoms with Crippen LogP contribution in [0.25, 0.3) is 0 Å². The number of aromatic hydroxyl groups is 1. The number of nitrogens with one attached hydrogen (secondary N) is 1. The van der Waals surface area contributed by atoms with E-state index in [-0.39, 0.29) is 11.8 Å². The Labute approximate surface area is 154 Å². The van der Waals surface area contributed by atoms with Crippen LogP contribution >= 0.6 is 0 Å². The maximum atomic E-state index is 12.4. The number of anilines is 1. The predicted molar refractivity (Wildman–Crippen MR) is 103 cm³/mol. The fraction of sp³-hybridized carbons (Fsp3) is 0.350. The van der Waals surface area contributed by atoms with Crippen LogP contribution in [0.3, 0.4) is 0 Å². The summed E-state index contributed by atoms with van der Waals surface area (Å²) < 4.78 is 0. The first-order valence-electron chi connectivity index (χ1n) is 9.01. The Kier molecular flexibility index (Phi) is 5.96. The van der Waals surface area contributed by atoms with Gasteiger partial charge >= 0.3 is 6.03 Å². The van der Waals surface area contributed by atoms with Gasteiger partial charge in [0, 0.05) is 32.7 Å². The number of carbonyl (C=O) groups excluding carboxylic acids is 1. The lowest BCUT2D eigenvalue weighted by Crippen LogP contribution is -2.51. The van der Waals surface area contributed by atoms with Crippen LogP contribution in [0.1, 0.15) is 11.1 Å². The number of carbonyl (C=O) groups is 1. The van der Waals surface area contributed by atoms with Gasteiger partial charge in [-0.25, -0.2) is 4.79 Å². The van der Waals surface area contributed by atoms with Gasteiger partial charge in [-0.15, -0.1) is 0 Å². The molecule has 0 radical (unpaired) electrons. The van der Waals surface area contributed by atoms with Crippen LogP contribution in [-0.4, -0.2) is 48.8 Å². The summed E-state index contributed by atoms with van der Waals surface area (Å²) in [5.74, 6) is 0.281. The van der Waals surface area contributed by atoms with Crippen LogP contribution in [0.15, 0.2) is 48.5 Å². The summed E-state index contributed by atoms with van der Waals surface area (Å²) in [6, 6.07) is 15.4. The first-order chi connectivity index (χ1) is 12.7. The highest BCUT2D eigenvalue weighted by Gasteiger charge is 2.22. The van der Waals surface area contributed by atoms with Gasteiger partial charge in [0.15, 0.2) is 0 Å². The fourth-order valence-corrected chi connectivity index (χ4v) is 3.16. The molecular weight excluding hydrogens is 328 g/mol. The van der Waals surface area contributed by atoms with Crippen molar-refractivity contribution < 1.29 is 9.90 Å². The number of para-hydroxylation sites is 2. The number of rotatable bonds is 5. The topological polar surface area (TPSA) is 81.8 Å². The molecule has 6 nitrogen and oxygen atoms in total. The molecule has 138 valence electrons. The lowest BCUT2D eigenvalue weighted by Gasteiger charge is -2.36. The zero-order valence-electron chi connectivity index (χ0n) is 14.9. The molecule has 0 unspecified atom stereocenters. The van der Waals surface area contributed by atoms with Crippen molar-refractivity contribution in [3.63, 3.8) is 0 Å². The molecule has 1 aliphatic rings. The minimum Gasteiger partial charge on any atom is -0.506 e. The largest absolute Gasteiger partial charge is 0.506 e. The molecule has 0 aliphatic carbocycles. The summed E-state index contributed by atoms with van der Waals surface area (Å²) >= 11 is 0. The Morgan fingerprint density at radius 3 is 2.31 bits per heavy atom. The average Bonchev–Trinajstić information content (AvgIpc) is 2.68. The van der Waals surface area contributed by atoms with Crippen molar-refractivity contribution in [2.24, 2.45) is 5.73 Å². The molecule has 0 aromatic heterocycles. The normalized spacial score (nSPS) is 14.3. The maximum absolute atomic E-state index is 12.4. The van der Waals surface area contributed by atoms with Crippen LogP contribution in [0, 0.1) is 0 Å². The summed E-state index contributed by atoms with van der Waals surface area (Å²) in [4.78, 5) is 16.3. The number of benzene rings is 2. The quantitative estimate of drug-likeness (QED) is 0.766. The number of phenolic OH excluding ortho intramolecular Hbond substituents is 1. The molecule has 4 N–H and O–H groups in total. The molecule has 6 heteroatoms. The fourth-order valence-electron chi connectivity index (χ4n) is 3.16. The van der Waals surface area contributed by atoms with E-state index < -0.39 is 0 Å². The molecule has 26 heavy (non-hydrogen) atoms. The van der Waals surface area contributed by atoms with Gasteiger partial charge in [0.1, 0.15) is 5.75 Å². The van der Waals surface area contributed by atoms with E-state index in [9.17, 15) is 9.90 Å². The first-order valence-corrected chi connectivity index (χ1v) is 9.01. The summed E-state index contributed by atoms with van der Waals surface area (Å²) in [6.45, 7) is 3.84. The van der Waals surface area contributed by atoms with Gasteiger partial charge in [-0.3, -0.25) is 0 Å². The molecule has 0 atom stereocenters. The molecule has 0 spiro atoms. The number of hydrogen-bond donors (Lipinski definition) is 3. The summed E-state index contributed by atoms with van der Waals surface area (Å²) in [5, 5.41) is 12.9. The third-order valence-electron chi connectivity index (χ3n) is 4.69. The smallest absolute Gasteiger partial charge is 0.317 e. The monoisotopic (exact) mass is 354 g/mol. The van der Waals surface area contributed by atoms with Gasteiger partial charge in [0.2, 0.25) is 0 Å². The van der Waals surface area contributed by atoms with E-state index >= 15 is 0 Å². The van der Waals surface area contributed by atoms with Crippen molar-refractivity contribution in [1.29, 1.82) is 0 Å². The highest BCUT2D eigenvalue weighted by molar-refractivity contribution is 5.74. The molecule has 3 rings (SSSR count). The number of nitrogens with zero attached hydrogens (tertiary/aromatic N) is 2. The number of nitrogens with two attached hydrogens (primary N) is 1. The van der Waals surface area contributed by atoms with E-state index in [1.807, 2.05) is 35.2 Å². The minimum atomic E-state index is -0.0482. The van der Waals surface area contributed by atoms with E-state index in [2.05, 4.69) is 22.3 Å². The molecule has 0 bridgehead atoms. The van der Waals surface area contributed by atoms with Crippen molar-refractivity contribution in [2.45, 2.75) is 13.0 Å². The molecular formula is C20H26N4O2. The van der Waals surface area contributed by atoms with Crippen molar-refractivity contribution in [2.75, 3.05) is 37.6 Å². The SMILES string of the molecule is NCCc1ccc(CNC(=O)N2CCN(c3ccccc3O)CC2)cc1. The molecule has 1 aliphatic heterocycles. The average molecular weight is 354 g/mol. The molecule has 1 fully saturated rings. The Hall–Kier alpha value is -2.73. The second-order valence-electron chi connectivity index (χ2n) is 6.48. The van der Waals surface area contributed by atoms with Crippen molar-refractivity contribution in [1.82, 2.24) is 10.2 Å². The maximum Gasteiger partial charge on any atom is 0.317 e. The van der Waals surface area contributed by atoms with E-state index in [1.165, 1.54) is 5.56 Å². The zero-order chi connectivity index (χ0) is 18.4. The lowest BCUT2D eigenvalue weighted by atomic mass is 10.1. The van der Waals surface area contributed by atoms with Gasteiger partial charge in [-0.1, -0.05) is 36.4 Å². The number of piperazine rings is 1. The Balaban J connectivity index is 1.47. The Morgan fingerprint density at radius 2 is 1.65 bits per heavy atom. The van der Waals surface area contributed by atoms with Crippen molar-refractivity contribution in [3.8, 4) is 5.75 Å². The molecule has 2 amide bonds. The van der Waals surface area contributed by atoms with Gasteiger partial charge in [-0.05, 0) is 36.2 Å². The van der Waals surface area contributed by atoms with Gasteiger partial charge in [-0.2, -0.15) is 0 Å². The van der Waals surface area contributed by atoms with Gasteiger partial charge < -0.3 is 26.0 Å². The standard InChI is InChI=1S/C20H26N4O2/c21-10-9-16-5-7-17(8-6-16)15-22-20(26)24-13-11-23(12-14-24)18-3-1-2-4-19(18)25/h1-8,25H,9-15,21H2,(H,22,26). The number of phenols is 1. The molecule has 0 saturated carbocycles. The van der Waals surface area contributed by atoms with Crippen molar-refractivity contribution >= 4 is 11.7 Å². The third-order valence-corrected chi connectivity index (χ3v) is 4.69. The lowest BCUT2D eigenvalue weighted by molar-refractivity contribution is 0.194. The summed E-state index contributed by atoms with van der Waals surface area (Å²) in [5.41, 5.74) is 8.67. The van der Waals surface area contributed by atoms with E-state index in [0.717, 1.165) is 17.7 Å². The molecule has 1 saturated heterocycles. The van der Waals surface area contributed by atoms with E-state index in [1.54, 1.807) is 6.07 Å². The van der Waals surface area contributed by atoms with E-state index in [4.69, 9.17) is 5.73 Å². The van der Waals surface area contributed by atoms with Crippen LogP contribution in [-0.2, 0) is 13.0 Å². The zero-order valence-corrected chi connectivity index (χ0v) is 14.9. The third kappa shape index (κ3) is 4.46. The van der Waals surface area contributed by atoms with Gasteiger partial charge in [0.25, 0.3) is 0 Å². The summed E-state index contributed by atoms with van der Waals surface area (Å²) in [7, 11) is 0. The predicted octanol–water partition coefficient (Wildman–Crippen LogP) is 1.93. The number of urea groups is 1. The second-order valence-corrected chi connectivity index (χ2v) is 6.48. The Morgan fingerprint density at radius 1 is 1.00 bits per heavy atom. The van der Waals surface area contributed by atoms with Gasteiger partial charge in [0.05, 0.1) is 5.69 Å². The minimum absolute atomic E-state index is 0.0482. The van der Waals surface area contributed by atoms with Crippen LogP contribution < -0.4 is 16.0 Å². The number of amides is 2. The van der Waals surface area contributed by atoms with Crippen molar-refractivity contribution in [3.05, 3.63) is 59.7 Å². The molecule has 2 aromatic rings. The van der Waals surface area contributed by atoms with Crippen LogP contribution in [0.2, 0.25) is 0 Å². The highest BCUT2D eigenvalue weighted by Crippen LogP contribution is 2.27. The first kappa shape index (κ1) is 18.1. The van der Waals surface area contributed by atoms with E-state index in [0.29, 0.717) is 39.3 Å². The molecule has 1 heterocycles. The van der Waals surface area contributed by atoms with Crippen LogP contribution in [0.4, 0.5) is 10.5 Å². The summed E-state index contributed by atoms with van der Waals surface area (Å²) in [6.07, 6.45) is 0.869. The highest BCUT2D eigenvalue weighted by atomic mass is 16.3. The second kappa shape index (κ2) is 8.58. The number of hydrogen-bond acceptors (Lipinski definition) is 4. The Bertz CT molecular complexity index is 725. The van der Waals surface area contributed by atoms with Crippen LogP contribution in [0.5, 0.6) is 5.75 Å². The molecule has 2 aromatic carbocycles.